The van der Waals surface area contributed by atoms with Crippen molar-refractivity contribution in [1.82, 2.24) is 20.4 Å². The van der Waals surface area contributed by atoms with E-state index in [0.717, 1.165) is 24.6 Å². The summed E-state index contributed by atoms with van der Waals surface area (Å²) in [5.74, 6) is 0. The molecule has 0 fully saturated rings. The fourth-order valence-electron chi connectivity index (χ4n) is 1.58. The summed E-state index contributed by atoms with van der Waals surface area (Å²) >= 11 is 5.31. The van der Waals surface area contributed by atoms with Gasteiger partial charge in [-0.05, 0) is 30.1 Å². The first-order valence-corrected chi connectivity index (χ1v) is 6.86. The van der Waals surface area contributed by atoms with Gasteiger partial charge in [0.1, 0.15) is 0 Å². The summed E-state index contributed by atoms with van der Waals surface area (Å²) < 4.78 is 1.94. The maximum atomic E-state index is 5.31. The predicted molar refractivity (Wildman–Crippen MR) is 79.5 cm³/mol. The molecule has 2 N–H and O–H groups in total. The summed E-state index contributed by atoms with van der Waals surface area (Å²) in [6, 6.07) is 2.18. The molecule has 0 radical (unpaired) electrons. The van der Waals surface area contributed by atoms with Crippen LogP contribution in [0, 0.1) is 5.41 Å². The number of hydrogen-bond donors (Lipinski definition) is 2. The van der Waals surface area contributed by atoms with E-state index >= 15 is 0 Å². The van der Waals surface area contributed by atoms with Gasteiger partial charge in [-0.2, -0.15) is 5.10 Å². The van der Waals surface area contributed by atoms with Gasteiger partial charge in [0, 0.05) is 18.9 Å². The SMILES string of the molecule is CCCNC(=S)NC(Cn1cccn1)C(C)(C)C. The molecule has 1 atom stereocenters. The van der Waals surface area contributed by atoms with Gasteiger partial charge < -0.3 is 10.6 Å². The van der Waals surface area contributed by atoms with Crippen molar-refractivity contribution in [3.63, 3.8) is 0 Å². The Morgan fingerprint density at radius 1 is 1.44 bits per heavy atom. The van der Waals surface area contributed by atoms with Crippen LogP contribution in [0.2, 0.25) is 0 Å². The Morgan fingerprint density at radius 2 is 2.17 bits per heavy atom. The molecular weight excluding hydrogens is 244 g/mol. The molecule has 0 aromatic carbocycles. The predicted octanol–water partition coefficient (Wildman–Crippen LogP) is 2.17. The van der Waals surface area contributed by atoms with Crippen LogP contribution in [0.25, 0.3) is 0 Å². The molecule has 0 saturated heterocycles. The molecular formula is C13H24N4S. The van der Waals surface area contributed by atoms with Crippen molar-refractivity contribution in [1.29, 1.82) is 0 Å². The van der Waals surface area contributed by atoms with Crippen molar-refractivity contribution in [3.8, 4) is 0 Å². The number of hydrogen-bond acceptors (Lipinski definition) is 2. The smallest absolute Gasteiger partial charge is 0.166 e. The third kappa shape index (κ3) is 5.04. The number of thiocarbonyl (C=S) groups is 1. The van der Waals surface area contributed by atoms with E-state index in [4.69, 9.17) is 12.2 Å². The zero-order valence-corrected chi connectivity index (χ0v) is 12.5. The summed E-state index contributed by atoms with van der Waals surface area (Å²) in [5, 5.41) is 11.6. The normalized spacial score (nSPS) is 13.1. The zero-order valence-electron chi connectivity index (χ0n) is 11.7. The van der Waals surface area contributed by atoms with Crippen LogP contribution >= 0.6 is 12.2 Å². The van der Waals surface area contributed by atoms with Crippen LogP contribution in [0.1, 0.15) is 34.1 Å². The molecule has 1 aromatic rings. The van der Waals surface area contributed by atoms with E-state index in [1.807, 2.05) is 16.9 Å². The lowest BCUT2D eigenvalue weighted by Gasteiger charge is -2.32. The third-order valence-electron chi connectivity index (χ3n) is 2.82. The Bertz CT molecular complexity index is 354. The van der Waals surface area contributed by atoms with E-state index < -0.39 is 0 Å². The molecule has 0 saturated carbocycles. The maximum Gasteiger partial charge on any atom is 0.166 e. The standard InChI is InChI=1S/C13H24N4S/c1-5-7-14-12(18)16-11(13(2,3)4)10-17-9-6-8-15-17/h6,8-9,11H,5,7,10H2,1-4H3,(H2,14,16,18). The molecule has 1 aromatic heterocycles. The van der Waals surface area contributed by atoms with Crippen molar-refractivity contribution in [3.05, 3.63) is 18.5 Å². The molecule has 0 aliphatic rings. The Balaban J connectivity index is 2.59. The zero-order chi connectivity index (χ0) is 13.6. The summed E-state index contributed by atoms with van der Waals surface area (Å²) in [6.07, 6.45) is 4.84. The molecule has 0 spiro atoms. The number of nitrogens with zero attached hydrogens (tertiary/aromatic N) is 2. The molecule has 0 aliphatic heterocycles. The Hall–Kier alpha value is -1.10. The van der Waals surface area contributed by atoms with E-state index in [1.165, 1.54) is 0 Å². The molecule has 0 amide bonds. The average molecular weight is 268 g/mol. The second-order valence-corrected chi connectivity index (χ2v) is 5.96. The first-order valence-electron chi connectivity index (χ1n) is 6.45. The van der Waals surface area contributed by atoms with Gasteiger partial charge in [0.25, 0.3) is 0 Å². The van der Waals surface area contributed by atoms with Crippen LogP contribution in [0.5, 0.6) is 0 Å². The number of rotatable bonds is 5. The number of aromatic nitrogens is 2. The van der Waals surface area contributed by atoms with Crippen LogP contribution < -0.4 is 10.6 Å². The molecule has 1 rings (SSSR count). The van der Waals surface area contributed by atoms with Crippen LogP contribution in [0.4, 0.5) is 0 Å². The van der Waals surface area contributed by atoms with Gasteiger partial charge in [-0.15, -0.1) is 0 Å². The molecule has 0 aliphatic carbocycles. The third-order valence-corrected chi connectivity index (χ3v) is 3.08. The molecule has 1 heterocycles. The van der Waals surface area contributed by atoms with Gasteiger partial charge in [0.15, 0.2) is 5.11 Å². The second kappa shape index (κ2) is 6.73. The van der Waals surface area contributed by atoms with E-state index in [-0.39, 0.29) is 11.5 Å². The van der Waals surface area contributed by atoms with Crippen LogP contribution in [-0.2, 0) is 6.54 Å². The molecule has 1 unspecified atom stereocenters. The first kappa shape index (κ1) is 15.0. The quantitative estimate of drug-likeness (QED) is 0.803. The van der Waals surface area contributed by atoms with Crippen molar-refractivity contribution in [2.24, 2.45) is 5.41 Å². The van der Waals surface area contributed by atoms with Crippen molar-refractivity contribution < 1.29 is 0 Å². The van der Waals surface area contributed by atoms with Crippen molar-refractivity contribution in [2.45, 2.75) is 46.7 Å². The molecule has 5 heteroatoms. The van der Waals surface area contributed by atoms with E-state index in [1.54, 1.807) is 6.20 Å². The van der Waals surface area contributed by atoms with Crippen LogP contribution in [0.3, 0.4) is 0 Å². The lowest BCUT2D eigenvalue weighted by Crippen LogP contribution is -2.50. The molecule has 0 bridgehead atoms. The Kier molecular flexibility index (Phi) is 5.59. The minimum atomic E-state index is 0.115. The number of nitrogens with one attached hydrogen (secondary N) is 2. The Morgan fingerprint density at radius 3 is 2.67 bits per heavy atom. The van der Waals surface area contributed by atoms with Gasteiger partial charge in [0.05, 0.1) is 12.6 Å². The van der Waals surface area contributed by atoms with Gasteiger partial charge in [-0.3, -0.25) is 4.68 Å². The summed E-state index contributed by atoms with van der Waals surface area (Å²) in [5.41, 5.74) is 0.115. The fourth-order valence-corrected chi connectivity index (χ4v) is 1.82. The Labute approximate surface area is 115 Å². The summed E-state index contributed by atoms with van der Waals surface area (Å²) in [6.45, 7) is 10.5. The van der Waals surface area contributed by atoms with Gasteiger partial charge >= 0.3 is 0 Å². The largest absolute Gasteiger partial charge is 0.363 e. The first-order chi connectivity index (χ1) is 8.43. The maximum absolute atomic E-state index is 5.31. The van der Waals surface area contributed by atoms with Crippen LogP contribution in [0.15, 0.2) is 18.5 Å². The van der Waals surface area contributed by atoms with Crippen molar-refractivity contribution >= 4 is 17.3 Å². The average Bonchev–Trinajstić information content (AvgIpc) is 2.77. The monoisotopic (exact) mass is 268 g/mol. The molecule has 18 heavy (non-hydrogen) atoms. The highest BCUT2D eigenvalue weighted by Gasteiger charge is 2.25. The summed E-state index contributed by atoms with van der Waals surface area (Å²) in [7, 11) is 0. The van der Waals surface area contributed by atoms with E-state index in [9.17, 15) is 0 Å². The topological polar surface area (TPSA) is 41.9 Å². The highest BCUT2D eigenvalue weighted by atomic mass is 32.1. The fraction of sp³-hybridized carbons (Fsp3) is 0.692. The van der Waals surface area contributed by atoms with Crippen molar-refractivity contribution in [2.75, 3.05) is 6.54 Å². The summed E-state index contributed by atoms with van der Waals surface area (Å²) in [4.78, 5) is 0. The lowest BCUT2D eigenvalue weighted by atomic mass is 9.87. The molecule has 102 valence electrons. The van der Waals surface area contributed by atoms with Crippen LogP contribution in [-0.4, -0.2) is 27.5 Å². The lowest BCUT2D eigenvalue weighted by molar-refractivity contribution is 0.260. The van der Waals surface area contributed by atoms with Gasteiger partial charge in [0.2, 0.25) is 0 Å². The highest BCUT2D eigenvalue weighted by molar-refractivity contribution is 7.80. The van der Waals surface area contributed by atoms with Gasteiger partial charge in [-0.25, -0.2) is 0 Å². The minimum absolute atomic E-state index is 0.115. The molecule has 4 nitrogen and oxygen atoms in total. The highest BCUT2D eigenvalue weighted by Crippen LogP contribution is 2.20. The van der Waals surface area contributed by atoms with E-state index in [2.05, 4.69) is 43.4 Å². The van der Waals surface area contributed by atoms with E-state index in [0.29, 0.717) is 0 Å². The van der Waals surface area contributed by atoms with Gasteiger partial charge in [-0.1, -0.05) is 27.7 Å². The second-order valence-electron chi connectivity index (χ2n) is 5.55. The minimum Gasteiger partial charge on any atom is -0.363 e.